The number of fused-ring (bicyclic) bond motifs is 1. The van der Waals surface area contributed by atoms with Gasteiger partial charge in [-0.1, -0.05) is 42.5 Å². The Bertz CT molecular complexity index is 819. The van der Waals surface area contributed by atoms with Crippen LogP contribution in [0, 0.1) is 0 Å². The van der Waals surface area contributed by atoms with E-state index in [0.29, 0.717) is 6.42 Å². The number of nitrogens with one attached hydrogen (secondary N) is 1. The van der Waals surface area contributed by atoms with E-state index in [9.17, 15) is 19.5 Å². The second-order valence-corrected chi connectivity index (χ2v) is 6.62. The largest absolute Gasteiger partial charge is 0.480 e. The minimum atomic E-state index is -1.05. The van der Waals surface area contributed by atoms with Gasteiger partial charge in [0.05, 0.1) is 0 Å². The number of carboxylic acids is 1. The van der Waals surface area contributed by atoms with E-state index in [2.05, 4.69) is 35.6 Å². The zero-order valence-corrected chi connectivity index (χ0v) is 15.8. The van der Waals surface area contributed by atoms with Crippen LogP contribution in [-0.2, 0) is 20.8 Å². The molecule has 6 heteroatoms. The Labute approximate surface area is 159 Å². The van der Waals surface area contributed by atoms with Crippen LogP contribution in [0.5, 0.6) is 0 Å². The number of rotatable bonds is 9. The molecule has 27 heavy (non-hydrogen) atoms. The molecule has 2 rings (SSSR count). The van der Waals surface area contributed by atoms with E-state index in [1.807, 2.05) is 12.1 Å². The highest BCUT2D eigenvalue weighted by atomic mass is 16.4. The average molecular weight is 370 g/mol. The van der Waals surface area contributed by atoms with Gasteiger partial charge in [-0.2, -0.15) is 0 Å². The maximum absolute atomic E-state index is 12.5. The molecule has 0 spiro atoms. The molecule has 0 aliphatic heterocycles. The van der Waals surface area contributed by atoms with E-state index >= 15 is 0 Å². The summed E-state index contributed by atoms with van der Waals surface area (Å²) in [5, 5.41) is 14.2. The van der Waals surface area contributed by atoms with Crippen molar-refractivity contribution >= 4 is 28.6 Å². The molecule has 0 heterocycles. The predicted octanol–water partition coefficient (Wildman–Crippen LogP) is 2.60. The molecule has 0 radical (unpaired) electrons. The lowest BCUT2D eigenvalue weighted by Gasteiger charge is -2.26. The van der Waals surface area contributed by atoms with Crippen LogP contribution in [0.3, 0.4) is 0 Å². The summed E-state index contributed by atoms with van der Waals surface area (Å²) in [6, 6.07) is 13.4. The van der Waals surface area contributed by atoms with Gasteiger partial charge >= 0.3 is 5.97 Å². The summed E-state index contributed by atoms with van der Waals surface area (Å²) in [6.07, 6.45) is 1.65. The van der Waals surface area contributed by atoms with Crippen molar-refractivity contribution in [3.05, 3.63) is 48.0 Å². The Morgan fingerprint density at radius 1 is 1.11 bits per heavy atom. The van der Waals surface area contributed by atoms with Gasteiger partial charge in [0, 0.05) is 26.4 Å². The second kappa shape index (κ2) is 9.71. The molecule has 0 aromatic heterocycles. The number of carbonyl (C=O) groups is 3. The van der Waals surface area contributed by atoms with Gasteiger partial charge in [-0.05, 0) is 36.1 Å². The first-order valence-electron chi connectivity index (χ1n) is 9.13. The number of carboxylic acid groups (broad SMARTS) is 1. The lowest BCUT2D eigenvalue weighted by molar-refractivity contribution is -0.149. The minimum Gasteiger partial charge on any atom is -0.480 e. The van der Waals surface area contributed by atoms with Crippen molar-refractivity contribution in [1.82, 2.24) is 10.2 Å². The highest BCUT2D eigenvalue weighted by Gasteiger charge is 2.24. The first-order valence-corrected chi connectivity index (χ1v) is 9.13. The standard InChI is InChI=1S/C21H26N2O4/c1-15(21(26)27)23(13-12-22-16(2)24)20(25)9-5-6-17-10-11-18-7-3-4-8-19(18)14-17/h3-4,7-8,10-11,14-15H,5-6,9,12-13H2,1-2H3,(H,22,24)(H,26,27). The van der Waals surface area contributed by atoms with Crippen molar-refractivity contribution in [3.8, 4) is 0 Å². The number of aryl methyl sites for hydroxylation is 1. The summed E-state index contributed by atoms with van der Waals surface area (Å²) in [6.45, 7) is 3.29. The molecule has 1 unspecified atom stereocenters. The molecular formula is C21H26N2O4. The van der Waals surface area contributed by atoms with Crippen LogP contribution in [-0.4, -0.2) is 46.9 Å². The minimum absolute atomic E-state index is 0.182. The molecule has 2 amide bonds. The molecule has 2 aromatic rings. The van der Waals surface area contributed by atoms with E-state index < -0.39 is 12.0 Å². The number of carbonyl (C=O) groups excluding carboxylic acids is 2. The van der Waals surface area contributed by atoms with Crippen molar-refractivity contribution in [2.24, 2.45) is 0 Å². The summed E-state index contributed by atoms with van der Waals surface area (Å²) in [5.41, 5.74) is 1.15. The lowest BCUT2D eigenvalue weighted by atomic mass is 10.0. The van der Waals surface area contributed by atoms with Gasteiger partial charge in [0.25, 0.3) is 0 Å². The Balaban J connectivity index is 1.92. The summed E-state index contributed by atoms with van der Waals surface area (Å²) in [7, 11) is 0. The molecule has 0 aliphatic carbocycles. The van der Waals surface area contributed by atoms with Gasteiger partial charge in [-0.15, -0.1) is 0 Å². The molecule has 0 saturated heterocycles. The van der Waals surface area contributed by atoms with Gasteiger partial charge < -0.3 is 15.3 Å². The maximum Gasteiger partial charge on any atom is 0.326 e. The third-order valence-corrected chi connectivity index (χ3v) is 4.54. The number of amides is 2. The Kier molecular flexibility index (Phi) is 7.34. The molecule has 0 saturated carbocycles. The molecule has 1 atom stereocenters. The van der Waals surface area contributed by atoms with E-state index in [1.54, 1.807) is 0 Å². The van der Waals surface area contributed by atoms with Crippen molar-refractivity contribution in [2.45, 2.75) is 39.2 Å². The van der Waals surface area contributed by atoms with Crippen LogP contribution in [0.1, 0.15) is 32.3 Å². The van der Waals surface area contributed by atoms with E-state index in [-0.39, 0.29) is 31.3 Å². The fourth-order valence-electron chi connectivity index (χ4n) is 3.00. The van der Waals surface area contributed by atoms with Crippen LogP contribution in [0.4, 0.5) is 0 Å². The van der Waals surface area contributed by atoms with Crippen molar-refractivity contribution in [1.29, 1.82) is 0 Å². The zero-order valence-electron chi connectivity index (χ0n) is 15.8. The fourth-order valence-corrected chi connectivity index (χ4v) is 3.00. The van der Waals surface area contributed by atoms with Gasteiger partial charge in [0.1, 0.15) is 6.04 Å². The monoisotopic (exact) mass is 370 g/mol. The van der Waals surface area contributed by atoms with Gasteiger partial charge in [0.15, 0.2) is 0 Å². The van der Waals surface area contributed by atoms with Crippen molar-refractivity contribution < 1.29 is 19.5 Å². The summed E-state index contributed by atoms with van der Waals surface area (Å²) in [4.78, 5) is 36.1. The Hall–Kier alpha value is -2.89. The van der Waals surface area contributed by atoms with Crippen molar-refractivity contribution in [2.75, 3.05) is 13.1 Å². The lowest BCUT2D eigenvalue weighted by Crippen LogP contribution is -2.46. The SMILES string of the molecule is CC(=O)NCCN(C(=O)CCCc1ccc2ccccc2c1)C(C)C(=O)O. The first-order chi connectivity index (χ1) is 12.9. The van der Waals surface area contributed by atoms with Crippen LogP contribution < -0.4 is 5.32 Å². The highest BCUT2D eigenvalue weighted by Crippen LogP contribution is 2.17. The normalized spacial score (nSPS) is 11.8. The molecule has 0 bridgehead atoms. The number of hydrogen-bond donors (Lipinski definition) is 2. The van der Waals surface area contributed by atoms with E-state index in [1.165, 1.54) is 24.1 Å². The summed E-state index contributed by atoms with van der Waals surface area (Å²) in [5.74, 6) is -1.47. The Morgan fingerprint density at radius 3 is 2.48 bits per heavy atom. The Morgan fingerprint density at radius 2 is 1.81 bits per heavy atom. The van der Waals surface area contributed by atoms with Crippen LogP contribution in [0.25, 0.3) is 10.8 Å². The highest BCUT2D eigenvalue weighted by molar-refractivity contribution is 5.84. The predicted molar refractivity (Wildman–Crippen MR) is 104 cm³/mol. The summed E-state index contributed by atoms with van der Waals surface area (Å²) >= 11 is 0. The number of benzene rings is 2. The van der Waals surface area contributed by atoms with Gasteiger partial charge in [0.2, 0.25) is 11.8 Å². The molecular weight excluding hydrogens is 344 g/mol. The third kappa shape index (κ3) is 6.09. The molecule has 6 nitrogen and oxygen atoms in total. The third-order valence-electron chi connectivity index (χ3n) is 4.54. The average Bonchev–Trinajstić information content (AvgIpc) is 2.64. The second-order valence-electron chi connectivity index (χ2n) is 6.62. The molecule has 2 N–H and O–H groups in total. The molecule has 2 aromatic carbocycles. The molecule has 144 valence electrons. The quantitative estimate of drug-likeness (QED) is 0.710. The topological polar surface area (TPSA) is 86.7 Å². The maximum atomic E-state index is 12.5. The van der Waals surface area contributed by atoms with E-state index in [0.717, 1.165) is 17.4 Å². The fraction of sp³-hybridized carbons (Fsp3) is 0.381. The number of nitrogens with zero attached hydrogens (tertiary/aromatic N) is 1. The smallest absolute Gasteiger partial charge is 0.326 e. The zero-order chi connectivity index (χ0) is 19.8. The van der Waals surface area contributed by atoms with Crippen molar-refractivity contribution in [3.63, 3.8) is 0 Å². The van der Waals surface area contributed by atoms with Gasteiger partial charge in [-0.25, -0.2) is 4.79 Å². The van der Waals surface area contributed by atoms with Crippen LogP contribution >= 0.6 is 0 Å². The van der Waals surface area contributed by atoms with Crippen LogP contribution in [0.15, 0.2) is 42.5 Å². The van der Waals surface area contributed by atoms with Gasteiger partial charge in [-0.3, -0.25) is 9.59 Å². The molecule has 0 aliphatic rings. The van der Waals surface area contributed by atoms with Crippen LogP contribution in [0.2, 0.25) is 0 Å². The number of aliphatic carboxylic acids is 1. The van der Waals surface area contributed by atoms with E-state index in [4.69, 9.17) is 0 Å². The molecule has 0 fully saturated rings. The summed E-state index contributed by atoms with van der Waals surface area (Å²) < 4.78 is 0. The first kappa shape index (κ1) is 20.4. The number of hydrogen-bond acceptors (Lipinski definition) is 3.